The SMILES string of the molecule is CNC(=O)N(C[C]=O)C(=O)/C=C/c1ccccc1. The molecule has 1 N–H and O–H groups in total. The van der Waals surface area contributed by atoms with E-state index in [0.717, 1.165) is 10.5 Å². The summed E-state index contributed by atoms with van der Waals surface area (Å²) in [7, 11) is 1.38. The van der Waals surface area contributed by atoms with Gasteiger partial charge in [-0.05, 0) is 11.6 Å². The Morgan fingerprint density at radius 3 is 2.56 bits per heavy atom. The minimum absolute atomic E-state index is 0.391. The van der Waals surface area contributed by atoms with E-state index in [0.29, 0.717) is 0 Å². The number of carbonyl (C=O) groups is 2. The van der Waals surface area contributed by atoms with Gasteiger partial charge in [0.15, 0.2) is 0 Å². The maximum absolute atomic E-state index is 11.7. The molecular formula is C13H13N2O3. The number of nitrogens with one attached hydrogen (secondary N) is 1. The van der Waals surface area contributed by atoms with Gasteiger partial charge in [-0.1, -0.05) is 30.3 Å². The highest BCUT2D eigenvalue weighted by Crippen LogP contribution is 2.02. The minimum Gasteiger partial charge on any atom is -0.341 e. The molecule has 93 valence electrons. The lowest BCUT2D eigenvalue weighted by Crippen LogP contribution is -2.42. The molecular weight excluding hydrogens is 232 g/mol. The van der Waals surface area contributed by atoms with Gasteiger partial charge in [-0.3, -0.25) is 14.5 Å². The van der Waals surface area contributed by atoms with Gasteiger partial charge in [0.2, 0.25) is 6.29 Å². The zero-order valence-electron chi connectivity index (χ0n) is 9.92. The Morgan fingerprint density at radius 2 is 2.00 bits per heavy atom. The van der Waals surface area contributed by atoms with Crippen LogP contribution in [-0.4, -0.2) is 36.7 Å². The van der Waals surface area contributed by atoms with Gasteiger partial charge in [0.1, 0.15) is 0 Å². The summed E-state index contributed by atoms with van der Waals surface area (Å²) in [5.41, 5.74) is 0.831. The second-order valence-corrected chi connectivity index (χ2v) is 3.37. The maximum Gasteiger partial charge on any atom is 0.324 e. The summed E-state index contributed by atoms with van der Waals surface area (Å²) in [6, 6.07) is 8.53. The molecule has 5 heteroatoms. The topological polar surface area (TPSA) is 66.5 Å². The molecule has 3 amide bonds. The van der Waals surface area contributed by atoms with Crippen LogP contribution in [0.2, 0.25) is 0 Å². The van der Waals surface area contributed by atoms with Gasteiger partial charge in [-0.2, -0.15) is 0 Å². The third-order valence-electron chi connectivity index (χ3n) is 2.17. The van der Waals surface area contributed by atoms with Gasteiger partial charge < -0.3 is 5.32 Å². The molecule has 1 aromatic rings. The molecule has 0 spiro atoms. The number of rotatable bonds is 4. The van der Waals surface area contributed by atoms with Gasteiger partial charge in [0.25, 0.3) is 5.91 Å². The Labute approximate surface area is 105 Å². The summed E-state index contributed by atoms with van der Waals surface area (Å²) in [6.07, 6.45) is 4.33. The number of carbonyl (C=O) groups excluding carboxylic acids is 3. The molecule has 0 bridgehead atoms. The lowest BCUT2D eigenvalue weighted by molar-refractivity contribution is -0.122. The van der Waals surface area contributed by atoms with E-state index >= 15 is 0 Å². The quantitative estimate of drug-likeness (QED) is 0.804. The Balaban J connectivity index is 2.75. The van der Waals surface area contributed by atoms with Crippen molar-refractivity contribution in [2.45, 2.75) is 0 Å². The van der Waals surface area contributed by atoms with E-state index in [2.05, 4.69) is 5.32 Å². The summed E-state index contributed by atoms with van der Waals surface area (Å²) in [6.45, 7) is -0.391. The molecule has 0 unspecified atom stereocenters. The summed E-state index contributed by atoms with van der Waals surface area (Å²) in [5.74, 6) is -0.568. The summed E-state index contributed by atoms with van der Waals surface area (Å²) >= 11 is 0. The predicted octanol–water partition coefficient (Wildman–Crippen LogP) is 0.977. The molecule has 1 rings (SSSR count). The van der Waals surface area contributed by atoms with E-state index in [1.54, 1.807) is 6.08 Å². The Bertz CT molecular complexity index is 455. The first-order valence-electron chi connectivity index (χ1n) is 5.30. The van der Waals surface area contributed by atoms with Crippen LogP contribution in [-0.2, 0) is 9.59 Å². The number of urea groups is 1. The summed E-state index contributed by atoms with van der Waals surface area (Å²) < 4.78 is 0. The molecule has 0 heterocycles. The molecule has 0 aliphatic carbocycles. The molecule has 0 atom stereocenters. The molecule has 0 saturated carbocycles. The molecule has 0 fully saturated rings. The third kappa shape index (κ3) is 3.86. The Hall–Kier alpha value is -2.43. The molecule has 1 aromatic carbocycles. The average molecular weight is 245 g/mol. The van der Waals surface area contributed by atoms with E-state index in [-0.39, 0.29) is 0 Å². The first kappa shape index (κ1) is 13.6. The lowest BCUT2D eigenvalue weighted by Gasteiger charge is -2.14. The summed E-state index contributed by atoms with van der Waals surface area (Å²) in [5, 5.41) is 2.28. The van der Waals surface area contributed by atoms with Gasteiger partial charge in [-0.15, -0.1) is 0 Å². The van der Waals surface area contributed by atoms with Crippen molar-refractivity contribution in [2.24, 2.45) is 0 Å². The van der Waals surface area contributed by atoms with Gasteiger partial charge in [0.05, 0.1) is 6.54 Å². The zero-order chi connectivity index (χ0) is 13.4. The molecule has 5 nitrogen and oxygen atoms in total. The van der Waals surface area contributed by atoms with Crippen molar-refractivity contribution in [2.75, 3.05) is 13.6 Å². The van der Waals surface area contributed by atoms with Crippen LogP contribution < -0.4 is 5.32 Å². The van der Waals surface area contributed by atoms with E-state index in [1.165, 1.54) is 19.4 Å². The highest BCUT2D eigenvalue weighted by molar-refractivity contribution is 6.03. The normalized spacial score (nSPS) is 10.1. The van der Waals surface area contributed by atoms with Crippen molar-refractivity contribution in [3.63, 3.8) is 0 Å². The standard InChI is InChI=1S/C13H13N2O3/c1-14-13(18)15(9-10-16)12(17)8-7-11-5-3-2-4-6-11/h2-8H,9H2,1H3,(H,14,18)/b8-7+. The fourth-order valence-electron chi connectivity index (χ4n) is 1.27. The molecule has 18 heavy (non-hydrogen) atoms. The van der Waals surface area contributed by atoms with E-state index in [4.69, 9.17) is 0 Å². The minimum atomic E-state index is -0.638. The van der Waals surface area contributed by atoms with E-state index in [9.17, 15) is 14.4 Å². The monoisotopic (exact) mass is 245 g/mol. The van der Waals surface area contributed by atoms with Crippen LogP contribution in [0, 0.1) is 0 Å². The fourth-order valence-corrected chi connectivity index (χ4v) is 1.27. The van der Waals surface area contributed by atoms with Crippen LogP contribution in [0.4, 0.5) is 4.79 Å². The molecule has 1 radical (unpaired) electrons. The number of imide groups is 1. The van der Waals surface area contributed by atoms with Crippen molar-refractivity contribution in [1.82, 2.24) is 10.2 Å². The van der Waals surface area contributed by atoms with Crippen molar-refractivity contribution in [1.29, 1.82) is 0 Å². The van der Waals surface area contributed by atoms with E-state index < -0.39 is 18.5 Å². The van der Waals surface area contributed by atoms with Gasteiger partial charge in [0, 0.05) is 13.1 Å². The second kappa shape index (κ2) is 7.01. The van der Waals surface area contributed by atoms with Gasteiger partial charge >= 0.3 is 6.03 Å². The molecule has 0 saturated heterocycles. The highest BCUT2D eigenvalue weighted by atomic mass is 16.2. The van der Waals surface area contributed by atoms with Crippen LogP contribution in [0.15, 0.2) is 36.4 Å². The van der Waals surface area contributed by atoms with Crippen LogP contribution in [0.1, 0.15) is 5.56 Å². The number of hydrogen-bond donors (Lipinski definition) is 1. The number of benzene rings is 1. The molecule has 0 aliphatic heterocycles. The van der Waals surface area contributed by atoms with Crippen LogP contribution >= 0.6 is 0 Å². The number of nitrogens with zero attached hydrogens (tertiary/aromatic N) is 1. The van der Waals surface area contributed by atoms with Crippen molar-refractivity contribution >= 4 is 24.3 Å². The van der Waals surface area contributed by atoms with Crippen LogP contribution in [0.3, 0.4) is 0 Å². The fraction of sp³-hybridized carbons (Fsp3) is 0.154. The first-order valence-corrected chi connectivity index (χ1v) is 5.30. The molecule has 0 aliphatic rings. The van der Waals surface area contributed by atoms with E-state index in [1.807, 2.05) is 30.3 Å². The highest BCUT2D eigenvalue weighted by Gasteiger charge is 2.17. The predicted molar refractivity (Wildman–Crippen MR) is 67.3 cm³/mol. The van der Waals surface area contributed by atoms with Crippen molar-refractivity contribution in [3.05, 3.63) is 42.0 Å². The zero-order valence-corrected chi connectivity index (χ0v) is 9.92. The van der Waals surface area contributed by atoms with Crippen LogP contribution in [0.25, 0.3) is 6.08 Å². The lowest BCUT2D eigenvalue weighted by atomic mass is 10.2. The smallest absolute Gasteiger partial charge is 0.324 e. The number of amides is 3. The number of hydrogen-bond acceptors (Lipinski definition) is 3. The maximum atomic E-state index is 11.7. The van der Waals surface area contributed by atoms with Crippen molar-refractivity contribution in [3.8, 4) is 0 Å². The largest absolute Gasteiger partial charge is 0.341 e. The second-order valence-electron chi connectivity index (χ2n) is 3.37. The van der Waals surface area contributed by atoms with Crippen molar-refractivity contribution < 1.29 is 14.4 Å². The average Bonchev–Trinajstić information content (AvgIpc) is 2.42. The Morgan fingerprint density at radius 1 is 1.33 bits per heavy atom. The Kier molecular flexibility index (Phi) is 5.31. The summed E-state index contributed by atoms with van der Waals surface area (Å²) in [4.78, 5) is 34.1. The molecule has 0 aromatic heterocycles. The first-order chi connectivity index (χ1) is 8.69. The van der Waals surface area contributed by atoms with Gasteiger partial charge in [-0.25, -0.2) is 4.79 Å². The van der Waals surface area contributed by atoms with Crippen LogP contribution in [0.5, 0.6) is 0 Å². The third-order valence-corrected chi connectivity index (χ3v) is 2.17.